The van der Waals surface area contributed by atoms with Crippen molar-refractivity contribution in [3.8, 4) is 0 Å². The highest BCUT2D eigenvalue weighted by atomic mass is 28.3. The van der Waals surface area contributed by atoms with E-state index in [2.05, 4.69) is 24.7 Å². The van der Waals surface area contributed by atoms with E-state index < -0.39 is 8.07 Å². The number of ether oxygens (including phenoxy) is 1. The molecule has 0 saturated heterocycles. The van der Waals surface area contributed by atoms with Gasteiger partial charge in [0.2, 0.25) is 0 Å². The van der Waals surface area contributed by atoms with E-state index in [0.29, 0.717) is 13.1 Å². The minimum absolute atomic E-state index is 0.450. The molecule has 0 amide bonds. The topological polar surface area (TPSA) is 77.0 Å². The number of aryl methyl sites for hydroxylation is 1. The Morgan fingerprint density at radius 1 is 1.23 bits per heavy atom. The minimum Gasteiger partial charge on any atom is -0.468 e. The third-order valence-corrected chi connectivity index (χ3v) is 10.1. The van der Waals surface area contributed by atoms with Crippen molar-refractivity contribution in [2.45, 2.75) is 31.9 Å². The van der Waals surface area contributed by atoms with E-state index >= 15 is 0 Å². The van der Waals surface area contributed by atoms with Gasteiger partial charge in [-0.15, -0.1) is 0 Å². The van der Waals surface area contributed by atoms with E-state index in [1.54, 1.807) is 0 Å². The fourth-order valence-corrected chi connectivity index (χ4v) is 8.18. The van der Waals surface area contributed by atoms with Crippen molar-refractivity contribution in [1.82, 2.24) is 0 Å². The maximum atomic E-state index is 10.5. The summed E-state index contributed by atoms with van der Waals surface area (Å²) in [5.74, 6) is 0. The van der Waals surface area contributed by atoms with Crippen LogP contribution in [0, 0.1) is 0 Å². The molecule has 6 heteroatoms. The molecule has 1 atom stereocenters. The molecule has 0 bridgehead atoms. The first-order valence-electron chi connectivity index (χ1n) is 9.14. The Balaban J connectivity index is 1.89. The monoisotopic (exact) mass is 365 g/mol. The zero-order valence-electron chi connectivity index (χ0n) is 15.0. The van der Waals surface area contributed by atoms with Crippen LogP contribution in [0.3, 0.4) is 0 Å². The number of nitrogen functional groups attached to an aromatic ring is 1. The van der Waals surface area contributed by atoms with E-state index in [9.17, 15) is 4.79 Å². The van der Waals surface area contributed by atoms with Crippen LogP contribution in [-0.2, 0) is 16.0 Å². The van der Waals surface area contributed by atoms with Crippen molar-refractivity contribution >= 4 is 36.3 Å². The van der Waals surface area contributed by atoms with Crippen LogP contribution >= 0.6 is 0 Å². The summed E-state index contributed by atoms with van der Waals surface area (Å²) in [6, 6.07) is 11.5. The third kappa shape index (κ3) is 2.84. The average Bonchev–Trinajstić information content (AvgIpc) is 2.65. The first-order valence-corrected chi connectivity index (χ1v) is 11.8. The number of nitrogens with zero attached hydrogens (tertiary/aromatic N) is 2. The van der Waals surface area contributed by atoms with Gasteiger partial charge in [-0.05, 0) is 71.6 Å². The van der Waals surface area contributed by atoms with Gasteiger partial charge in [-0.1, -0.05) is 6.55 Å². The molecule has 2 aromatic rings. The summed E-state index contributed by atoms with van der Waals surface area (Å²) >= 11 is 0. The third-order valence-electron chi connectivity index (χ3n) is 5.54. The molecule has 0 fully saturated rings. The van der Waals surface area contributed by atoms with Gasteiger partial charge in [-0.3, -0.25) is 9.79 Å². The summed E-state index contributed by atoms with van der Waals surface area (Å²) in [7, 11) is -2.05. The Bertz CT molecular complexity index is 989. The lowest BCUT2D eigenvalue weighted by atomic mass is 10.1. The number of hydrogen-bond acceptors (Lipinski definition) is 5. The lowest BCUT2D eigenvalue weighted by Gasteiger charge is -2.33. The van der Waals surface area contributed by atoms with Crippen LogP contribution in [0.5, 0.6) is 0 Å². The predicted molar refractivity (Wildman–Crippen MR) is 105 cm³/mol. The van der Waals surface area contributed by atoms with Crippen molar-refractivity contribution in [3.63, 3.8) is 0 Å². The van der Waals surface area contributed by atoms with E-state index in [-0.39, 0.29) is 0 Å². The normalized spacial score (nSPS) is 20.0. The molecule has 2 aliphatic rings. The van der Waals surface area contributed by atoms with Gasteiger partial charge in [0.05, 0.1) is 23.0 Å². The molecule has 1 unspecified atom stereocenters. The standard InChI is InChI=1S/C20H23N3O2Si/c1-26(9-3-8-25-13-24)19-11-15(21)5-6-16(19)23-18-10-14-4-2-7-22-17(14)12-20(18)26/h5-6,10-13H,2-4,7-9,21H2,1H3. The number of nitrogens with two attached hydrogens (primary N) is 1. The molecule has 2 heterocycles. The molecule has 134 valence electrons. The second-order valence-electron chi connectivity index (χ2n) is 7.27. The lowest BCUT2D eigenvalue weighted by Crippen LogP contribution is -2.63. The Kier molecular flexibility index (Phi) is 4.36. The van der Waals surface area contributed by atoms with Crippen LogP contribution in [0.2, 0.25) is 12.6 Å². The molecule has 0 aromatic heterocycles. The maximum absolute atomic E-state index is 10.5. The fraction of sp³-hybridized carbons (Fsp3) is 0.350. The van der Waals surface area contributed by atoms with Gasteiger partial charge in [-0.2, -0.15) is 0 Å². The van der Waals surface area contributed by atoms with Crippen LogP contribution in [-0.4, -0.2) is 27.7 Å². The molecule has 0 spiro atoms. The maximum Gasteiger partial charge on any atom is 0.293 e. The molecule has 0 radical (unpaired) electrons. The molecule has 0 aliphatic carbocycles. The molecule has 2 aromatic carbocycles. The van der Waals surface area contributed by atoms with Gasteiger partial charge in [0.25, 0.3) is 6.47 Å². The summed E-state index contributed by atoms with van der Waals surface area (Å²) in [5, 5.41) is 4.81. The number of hydrogen-bond donors (Lipinski definition) is 1. The van der Waals surface area contributed by atoms with E-state index in [0.717, 1.165) is 53.9 Å². The Morgan fingerprint density at radius 3 is 2.96 bits per heavy atom. The second kappa shape index (κ2) is 6.68. The summed E-state index contributed by atoms with van der Waals surface area (Å²) in [6.07, 6.45) is 3.02. The SMILES string of the molecule is C[Si]1(CCCOC=O)c2cc(N)ccc2N=c2cc3c(cc21)=NCCC3. The van der Waals surface area contributed by atoms with Crippen LogP contribution in [0.1, 0.15) is 18.4 Å². The number of benzene rings is 2. The molecule has 2 aliphatic heterocycles. The lowest BCUT2D eigenvalue weighted by molar-refractivity contribution is -0.128. The smallest absolute Gasteiger partial charge is 0.293 e. The Morgan fingerprint density at radius 2 is 2.12 bits per heavy atom. The van der Waals surface area contributed by atoms with Crippen LogP contribution < -0.4 is 26.8 Å². The number of anilines is 1. The number of rotatable bonds is 5. The highest BCUT2D eigenvalue weighted by molar-refractivity contribution is 7.02. The quantitative estimate of drug-likeness (QED) is 0.369. The Hall–Kier alpha value is -2.47. The van der Waals surface area contributed by atoms with Crippen molar-refractivity contribution in [3.05, 3.63) is 46.6 Å². The first kappa shape index (κ1) is 17.0. The molecule has 5 nitrogen and oxygen atoms in total. The predicted octanol–water partition coefficient (Wildman–Crippen LogP) is 0.855. The van der Waals surface area contributed by atoms with E-state index in [1.807, 2.05) is 12.1 Å². The molecule has 2 N–H and O–H groups in total. The fourth-order valence-electron chi connectivity index (χ4n) is 4.17. The van der Waals surface area contributed by atoms with Crippen molar-refractivity contribution < 1.29 is 9.53 Å². The zero-order chi connectivity index (χ0) is 18.1. The van der Waals surface area contributed by atoms with Crippen molar-refractivity contribution in [2.75, 3.05) is 18.9 Å². The van der Waals surface area contributed by atoms with E-state index in [1.165, 1.54) is 15.9 Å². The summed E-state index contributed by atoms with van der Waals surface area (Å²) in [5.41, 5.74) is 9.21. The molecular formula is C20H23N3O2Si. The number of carbonyl (C=O) groups excluding carboxylic acids is 1. The number of carbonyl (C=O) groups is 1. The van der Waals surface area contributed by atoms with Crippen LogP contribution in [0.15, 0.2) is 40.3 Å². The molecule has 4 rings (SSSR count). The van der Waals surface area contributed by atoms with Gasteiger partial charge in [0.1, 0.15) is 8.07 Å². The Labute approximate surface area is 153 Å². The van der Waals surface area contributed by atoms with Gasteiger partial charge in [-0.25, -0.2) is 4.99 Å². The summed E-state index contributed by atoms with van der Waals surface area (Å²) < 4.78 is 4.93. The largest absolute Gasteiger partial charge is 0.468 e. The van der Waals surface area contributed by atoms with E-state index in [4.69, 9.17) is 20.5 Å². The summed E-state index contributed by atoms with van der Waals surface area (Å²) in [4.78, 5) is 20.2. The molecule has 0 saturated carbocycles. The first-order chi connectivity index (χ1) is 12.6. The van der Waals surface area contributed by atoms with Crippen molar-refractivity contribution in [2.24, 2.45) is 9.98 Å². The highest BCUT2D eigenvalue weighted by Crippen LogP contribution is 2.23. The second-order valence-corrected chi connectivity index (χ2v) is 11.5. The molecular weight excluding hydrogens is 342 g/mol. The minimum atomic E-state index is -2.05. The van der Waals surface area contributed by atoms with Gasteiger partial charge < -0.3 is 10.5 Å². The van der Waals surface area contributed by atoms with Gasteiger partial charge >= 0.3 is 0 Å². The van der Waals surface area contributed by atoms with Crippen LogP contribution in [0.4, 0.5) is 11.4 Å². The van der Waals surface area contributed by atoms with Crippen LogP contribution in [0.25, 0.3) is 0 Å². The zero-order valence-corrected chi connectivity index (χ0v) is 16.0. The van der Waals surface area contributed by atoms with Gasteiger partial charge in [0, 0.05) is 12.2 Å². The van der Waals surface area contributed by atoms with Gasteiger partial charge in [0.15, 0.2) is 0 Å². The van der Waals surface area contributed by atoms with Crippen molar-refractivity contribution in [1.29, 1.82) is 0 Å². The molecule has 26 heavy (non-hydrogen) atoms. The summed E-state index contributed by atoms with van der Waals surface area (Å²) in [6.45, 7) is 4.24. The average molecular weight is 366 g/mol. The highest BCUT2D eigenvalue weighted by Gasteiger charge is 2.37. The number of fused-ring (bicyclic) bond motifs is 3.